The first-order valence-electron chi connectivity index (χ1n) is 7.10. The number of nitrogens with zero attached hydrogens (tertiary/aromatic N) is 1. The summed E-state index contributed by atoms with van der Waals surface area (Å²) in [5.74, 6) is 0.743. The summed E-state index contributed by atoms with van der Waals surface area (Å²) < 4.78 is 0. The zero-order chi connectivity index (χ0) is 13.2. The number of hydrogen-bond donors (Lipinski definition) is 1. The van der Waals surface area contributed by atoms with Crippen LogP contribution in [0.4, 0.5) is 5.69 Å². The molecule has 1 N–H and O–H groups in total. The summed E-state index contributed by atoms with van der Waals surface area (Å²) in [6.45, 7) is 12.4. The summed E-state index contributed by atoms with van der Waals surface area (Å²) in [5.41, 5.74) is 3.01. The predicted molar refractivity (Wildman–Crippen MR) is 79.0 cm³/mol. The van der Waals surface area contributed by atoms with Crippen LogP contribution in [0.15, 0.2) is 24.3 Å². The van der Waals surface area contributed by atoms with E-state index >= 15 is 0 Å². The summed E-state index contributed by atoms with van der Waals surface area (Å²) in [4.78, 5) is 2.56. The van der Waals surface area contributed by atoms with E-state index in [-0.39, 0.29) is 5.54 Å². The number of benzene rings is 1. The van der Waals surface area contributed by atoms with Crippen molar-refractivity contribution in [3.63, 3.8) is 0 Å². The van der Waals surface area contributed by atoms with Crippen molar-refractivity contribution >= 4 is 5.69 Å². The molecule has 18 heavy (non-hydrogen) atoms. The van der Waals surface area contributed by atoms with E-state index in [1.54, 1.807) is 0 Å². The fraction of sp³-hybridized carbons (Fsp3) is 0.625. The molecular formula is C16H26N2. The van der Waals surface area contributed by atoms with Crippen LogP contribution in [0.5, 0.6) is 0 Å². The zero-order valence-electron chi connectivity index (χ0n) is 12.2. The van der Waals surface area contributed by atoms with Gasteiger partial charge < -0.3 is 10.2 Å². The Morgan fingerprint density at radius 1 is 1.33 bits per heavy atom. The molecule has 2 nitrogen and oxygen atoms in total. The Labute approximate surface area is 111 Å². The molecule has 1 aromatic rings. The molecule has 0 saturated carbocycles. The van der Waals surface area contributed by atoms with Gasteiger partial charge in [-0.2, -0.15) is 0 Å². The highest BCUT2D eigenvalue weighted by molar-refractivity contribution is 5.55. The highest BCUT2D eigenvalue weighted by atomic mass is 15.2. The average Bonchev–Trinajstić information content (AvgIpc) is 2.47. The third kappa shape index (κ3) is 3.05. The van der Waals surface area contributed by atoms with Gasteiger partial charge in [-0.15, -0.1) is 0 Å². The standard InChI is InChI=1S/C16H26N2/c1-5-13(2)11-18-12-16(3,4)17-10-14-8-6-7-9-15(14)18/h6-9,13,17H,5,10-12H2,1-4H3. The molecule has 0 bridgehead atoms. The van der Waals surface area contributed by atoms with E-state index < -0.39 is 0 Å². The number of nitrogens with one attached hydrogen (secondary N) is 1. The Morgan fingerprint density at radius 3 is 2.78 bits per heavy atom. The van der Waals surface area contributed by atoms with Crippen LogP contribution in [0.25, 0.3) is 0 Å². The van der Waals surface area contributed by atoms with E-state index in [1.165, 1.54) is 17.7 Å². The van der Waals surface area contributed by atoms with Crippen LogP contribution in [0.2, 0.25) is 0 Å². The summed E-state index contributed by atoms with van der Waals surface area (Å²) in [5, 5.41) is 3.66. The van der Waals surface area contributed by atoms with Crippen LogP contribution in [0.1, 0.15) is 39.7 Å². The molecule has 0 amide bonds. The summed E-state index contributed by atoms with van der Waals surface area (Å²) >= 11 is 0. The van der Waals surface area contributed by atoms with E-state index in [0.717, 1.165) is 25.6 Å². The molecule has 0 spiro atoms. The number of hydrogen-bond acceptors (Lipinski definition) is 2. The van der Waals surface area contributed by atoms with Crippen LogP contribution in [-0.4, -0.2) is 18.6 Å². The van der Waals surface area contributed by atoms with Crippen molar-refractivity contribution in [2.45, 2.75) is 46.2 Å². The third-order valence-corrected chi connectivity index (χ3v) is 3.90. The Bertz CT molecular complexity index is 398. The third-order valence-electron chi connectivity index (χ3n) is 3.90. The van der Waals surface area contributed by atoms with E-state index in [4.69, 9.17) is 0 Å². The smallest absolute Gasteiger partial charge is 0.0412 e. The minimum absolute atomic E-state index is 0.173. The fourth-order valence-corrected chi connectivity index (χ4v) is 2.59. The van der Waals surface area contributed by atoms with E-state index in [2.05, 4.69) is 62.2 Å². The summed E-state index contributed by atoms with van der Waals surface area (Å²) in [7, 11) is 0. The lowest BCUT2D eigenvalue weighted by Crippen LogP contribution is -2.47. The molecule has 1 aromatic carbocycles. The number of anilines is 1. The van der Waals surface area contributed by atoms with Gasteiger partial charge in [-0.25, -0.2) is 0 Å². The number of rotatable bonds is 3. The second-order valence-electron chi connectivity index (χ2n) is 6.26. The Kier molecular flexibility index (Phi) is 3.96. The lowest BCUT2D eigenvalue weighted by Gasteiger charge is -2.33. The fourth-order valence-electron chi connectivity index (χ4n) is 2.59. The predicted octanol–water partition coefficient (Wildman–Crippen LogP) is 3.42. The van der Waals surface area contributed by atoms with Crippen molar-refractivity contribution in [1.29, 1.82) is 0 Å². The molecule has 0 aromatic heterocycles. The Hall–Kier alpha value is -1.02. The first-order valence-corrected chi connectivity index (χ1v) is 7.10. The summed E-state index contributed by atoms with van der Waals surface area (Å²) in [6.07, 6.45) is 1.24. The Balaban J connectivity index is 2.28. The quantitative estimate of drug-likeness (QED) is 0.879. The largest absolute Gasteiger partial charge is 0.369 e. The van der Waals surface area contributed by atoms with Crippen molar-refractivity contribution in [3.05, 3.63) is 29.8 Å². The molecule has 1 unspecified atom stereocenters. The number of para-hydroxylation sites is 1. The van der Waals surface area contributed by atoms with Gasteiger partial charge >= 0.3 is 0 Å². The molecular weight excluding hydrogens is 220 g/mol. The Morgan fingerprint density at radius 2 is 2.06 bits per heavy atom. The highest BCUT2D eigenvalue weighted by Gasteiger charge is 2.27. The minimum atomic E-state index is 0.173. The second-order valence-corrected chi connectivity index (χ2v) is 6.26. The molecule has 100 valence electrons. The molecule has 1 atom stereocenters. The van der Waals surface area contributed by atoms with Crippen molar-refractivity contribution in [2.24, 2.45) is 5.92 Å². The van der Waals surface area contributed by atoms with Gasteiger partial charge in [0.2, 0.25) is 0 Å². The molecule has 0 aliphatic carbocycles. The molecule has 0 fully saturated rings. The lowest BCUT2D eigenvalue weighted by atomic mass is 10.0. The molecule has 2 rings (SSSR count). The van der Waals surface area contributed by atoms with Gasteiger partial charge in [-0.1, -0.05) is 38.5 Å². The van der Waals surface area contributed by atoms with E-state index in [0.29, 0.717) is 0 Å². The topological polar surface area (TPSA) is 15.3 Å². The van der Waals surface area contributed by atoms with Crippen molar-refractivity contribution in [2.75, 3.05) is 18.0 Å². The molecule has 1 aliphatic heterocycles. The maximum absolute atomic E-state index is 3.66. The monoisotopic (exact) mass is 246 g/mol. The van der Waals surface area contributed by atoms with Crippen LogP contribution in [0.3, 0.4) is 0 Å². The molecule has 0 saturated heterocycles. The van der Waals surface area contributed by atoms with Gasteiger partial charge in [0.25, 0.3) is 0 Å². The van der Waals surface area contributed by atoms with Gasteiger partial charge in [0, 0.05) is 30.9 Å². The molecule has 2 heteroatoms. The van der Waals surface area contributed by atoms with Crippen LogP contribution < -0.4 is 10.2 Å². The van der Waals surface area contributed by atoms with Crippen molar-refractivity contribution in [1.82, 2.24) is 5.32 Å². The first kappa shape index (κ1) is 13.4. The second kappa shape index (κ2) is 5.31. The van der Waals surface area contributed by atoms with Gasteiger partial charge in [0.05, 0.1) is 0 Å². The van der Waals surface area contributed by atoms with Crippen molar-refractivity contribution < 1.29 is 0 Å². The zero-order valence-corrected chi connectivity index (χ0v) is 12.2. The minimum Gasteiger partial charge on any atom is -0.369 e. The van der Waals surface area contributed by atoms with Crippen LogP contribution >= 0.6 is 0 Å². The van der Waals surface area contributed by atoms with Crippen LogP contribution in [0, 0.1) is 5.92 Å². The first-order chi connectivity index (χ1) is 8.52. The summed E-state index contributed by atoms with van der Waals surface area (Å²) in [6, 6.07) is 8.80. The number of fused-ring (bicyclic) bond motifs is 1. The lowest BCUT2D eigenvalue weighted by molar-refractivity contribution is 0.387. The normalized spacial score (nSPS) is 20.1. The van der Waals surface area contributed by atoms with Gasteiger partial charge in [-0.3, -0.25) is 0 Å². The maximum Gasteiger partial charge on any atom is 0.0412 e. The SMILES string of the molecule is CCC(C)CN1CC(C)(C)NCc2ccccc21. The van der Waals surface area contributed by atoms with Crippen molar-refractivity contribution in [3.8, 4) is 0 Å². The molecule has 0 radical (unpaired) electrons. The van der Waals surface area contributed by atoms with Gasteiger partial charge in [0.15, 0.2) is 0 Å². The van der Waals surface area contributed by atoms with Gasteiger partial charge in [-0.05, 0) is 31.4 Å². The van der Waals surface area contributed by atoms with Crippen LogP contribution in [-0.2, 0) is 6.54 Å². The van der Waals surface area contributed by atoms with E-state index in [1.807, 2.05) is 0 Å². The highest BCUT2D eigenvalue weighted by Crippen LogP contribution is 2.27. The molecule has 1 heterocycles. The maximum atomic E-state index is 3.66. The average molecular weight is 246 g/mol. The van der Waals surface area contributed by atoms with E-state index in [9.17, 15) is 0 Å². The van der Waals surface area contributed by atoms with Gasteiger partial charge in [0.1, 0.15) is 0 Å². The molecule has 1 aliphatic rings.